The van der Waals surface area contributed by atoms with Crippen molar-refractivity contribution in [3.8, 4) is 5.75 Å². The van der Waals surface area contributed by atoms with Crippen LogP contribution >= 0.6 is 23.2 Å². The fourth-order valence-electron chi connectivity index (χ4n) is 4.62. The van der Waals surface area contributed by atoms with E-state index in [9.17, 15) is 27.6 Å². The zero-order valence-corrected chi connectivity index (χ0v) is 22.3. The molecular formula is C24H30Cl2F3N3O5. The van der Waals surface area contributed by atoms with E-state index in [4.69, 9.17) is 32.7 Å². The van der Waals surface area contributed by atoms with Crippen LogP contribution in [0.2, 0.25) is 10.0 Å². The van der Waals surface area contributed by atoms with Crippen molar-refractivity contribution in [2.45, 2.75) is 57.3 Å². The van der Waals surface area contributed by atoms with Gasteiger partial charge < -0.3 is 24.6 Å². The Hall–Kier alpha value is -2.40. The van der Waals surface area contributed by atoms with E-state index in [0.29, 0.717) is 60.5 Å². The van der Waals surface area contributed by atoms with Gasteiger partial charge in [0.1, 0.15) is 11.8 Å². The number of alkyl halides is 3. The molecule has 1 atom stereocenters. The first-order valence-corrected chi connectivity index (χ1v) is 12.7. The molecule has 8 nitrogen and oxygen atoms in total. The third-order valence-electron chi connectivity index (χ3n) is 6.72. The molecule has 2 aliphatic rings. The van der Waals surface area contributed by atoms with Crippen molar-refractivity contribution >= 4 is 46.7 Å². The van der Waals surface area contributed by atoms with E-state index < -0.39 is 29.7 Å². The number of anilines is 1. The van der Waals surface area contributed by atoms with E-state index in [0.717, 1.165) is 0 Å². The number of halogens is 5. The molecule has 37 heavy (non-hydrogen) atoms. The number of nitrogens with zero attached hydrogens (tertiary/aromatic N) is 2. The fraction of sp³-hybridized carbons (Fsp3) is 0.625. The van der Waals surface area contributed by atoms with Gasteiger partial charge in [-0.15, -0.1) is 0 Å². The summed E-state index contributed by atoms with van der Waals surface area (Å²) >= 11 is 12.5. The average Bonchev–Trinajstić information content (AvgIpc) is 3.31. The van der Waals surface area contributed by atoms with E-state index in [2.05, 4.69) is 5.32 Å². The van der Waals surface area contributed by atoms with Crippen molar-refractivity contribution in [3.05, 3.63) is 22.2 Å². The van der Waals surface area contributed by atoms with Crippen molar-refractivity contribution < 1.29 is 37.0 Å². The minimum atomic E-state index is -5.22. The largest absolute Gasteiger partial charge is 0.495 e. The Kier molecular flexibility index (Phi) is 9.10. The lowest BCUT2D eigenvalue weighted by molar-refractivity contribution is -0.214. The number of ether oxygens (including phenoxy) is 2. The zero-order valence-electron chi connectivity index (χ0n) is 20.8. The molecule has 13 heteroatoms. The molecule has 2 amide bonds. The minimum Gasteiger partial charge on any atom is -0.495 e. The van der Waals surface area contributed by atoms with Gasteiger partial charge in [0, 0.05) is 32.2 Å². The first kappa shape index (κ1) is 29.2. The van der Waals surface area contributed by atoms with Gasteiger partial charge in [-0.25, -0.2) is 4.79 Å². The molecule has 0 spiro atoms. The Bertz CT molecular complexity index is 1020. The molecule has 1 aliphatic heterocycles. The monoisotopic (exact) mass is 567 g/mol. The Labute approximate surface area is 223 Å². The third-order valence-corrected chi connectivity index (χ3v) is 7.32. The van der Waals surface area contributed by atoms with Crippen LogP contribution in [0.1, 0.15) is 39.5 Å². The first-order valence-electron chi connectivity index (χ1n) is 12.0. The van der Waals surface area contributed by atoms with E-state index in [-0.39, 0.29) is 24.7 Å². The molecule has 1 aliphatic carbocycles. The SMILES string of the molecule is COc1cc(N2CCN(C(=O)C(NC(=O)C3(OC(=O)C(F)(F)F)CCCC3)C(C)C)CC2)c(Cl)cc1Cl. The standard InChI is InChI=1S/C24H30Cl2F3N3O5/c1-14(2)19(30-21(34)23(6-4-5-7-23)37-22(35)24(27,28)29)20(33)32-10-8-31(9-11-32)17-13-18(36-3)16(26)12-15(17)25/h12-14,19H,4-11H2,1-3H3,(H,30,34). The number of methoxy groups -OCH3 is 1. The number of esters is 1. The number of hydrogen-bond donors (Lipinski definition) is 1. The highest BCUT2D eigenvalue weighted by atomic mass is 35.5. The van der Waals surface area contributed by atoms with Gasteiger partial charge in [0.15, 0.2) is 5.60 Å². The number of rotatable bonds is 7. The van der Waals surface area contributed by atoms with Crippen LogP contribution in [0.5, 0.6) is 5.75 Å². The maximum atomic E-state index is 13.4. The van der Waals surface area contributed by atoms with Crippen LogP contribution in [0.4, 0.5) is 18.9 Å². The Balaban J connectivity index is 1.69. The van der Waals surface area contributed by atoms with Crippen LogP contribution in [0, 0.1) is 5.92 Å². The summed E-state index contributed by atoms with van der Waals surface area (Å²) in [4.78, 5) is 41.6. The molecule has 206 valence electrons. The molecule has 1 N–H and O–H groups in total. The van der Waals surface area contributed by atoms with Gasteiger partial charge in [-0.3, -0.25) is 9.59 Å². The molecule has 3 rings (SSSR count). The third kappa shape index (κ3) is 6.54. The summed E-state index contributed by atoms with van der Waals surface area (Å²) in [6.07, 6.45) is -4.44. The molecule has 1 heterocycles. The second-order valence-corrected chi connectivity index (χ2v) is 10.3. The predicted octanol–water partition coefficient (Wildman–Crippen LogP) is 4.21. The minimum absolute atomic E-state index is 0.0380. The molecule has 1 unspecified atom stereocenters. The molecule has 1 saturated heterocycles. The van der Waals surface area contributed by atoms with Crippen LogP contribution in [0.3, 0.4) is 0 Å². The van der Waals surface area contributed by atoms with Gasteiger partial charge in [0.05, 0.1) is 22.8 Å². The van der Waals surface area contributed by atoms with E-state index >= 15 is 0 Å². The lowest BCUT2D eigenvalue weighted by Crippen LogP contribution is -2.60. The van der Waals surface area contributed by atoms with Crippen molar-refractivity contribution in [1.82, 2.24) is 10.2 Å². The highest BCUT2D eigenvalue weighted by Gasteiger charge is 2.52. The molecule has 0 bridgehead atoms. The summed E-state index contributed by atoms with van der Waals surface area (Å²) in [6, 6.07) is 2.31. The molecule has 1 saturated carbocycles. The van der Waals surface area contributed by atoms with E-state index in [1.165, 1.54) is 7.11 Å². The Morgan fingerprint density at radius 3 is 2.14 bits per heavy atom. The predicted molar refractivity (Wildman–Crippen MR) is 132 cm³/mol. The lowest BCUT2D eigenvalue weighted by atomic mass is 9.97. The fourth-order valence-corrected chi connectivity index (χ4v) is 5.20. The van der Waals surface area contributed by atoms with Crippen LogP contribution < -0.4 is 15.0 Å². The number of hydrogen-bond acceptors (Lipinski definition) is 6. The van der Waals surface area contributed by atoms with Crippen molar-refractivity contribution in [3.63, 3.8) is 0 Å². The van der Waals surface area contributed by atoms with Crippen LogP contribution in [0.15, 0.2) is 12.1 Å². The normalized spacial score (nSPS) is 18.5. The topological polar surface area (TPSA) is 88.2 Å². The van der Waals surface area contributed by atoms with Gasteiger partial charge >= 0.3 is 12.1 Å². The first-order chi connectivity index (χ1) is 17.3. The van der Waals surface area contributed by atoms with Crippen LogP contribution in [0.25, 0.3) is 0 Å². The van der Waals surface area contributed by atoms with Gasteiger partial charge in [-0.2, -0.15) is 13.2 Å². The number of benzene rings is 1. The number of carbonyl (C=O) groups is 3. The number of amides is 2. The molecule has 0 radical (unpaired) electrons. The summed E-state index contributed by atoms with van der Waals surface area (Å²) in [6.45, 7) is 4.99. The summed E-state index contributed by atoms with van der Waals surface area (Å²) in [7, 11) is 1.50. The van der Waals surface area contributed by atoms with E-state index in [1.807, 2.05) is 4.90 Å². The number of piperazine rings is 1. The Morgan fingerprint density at radius 1 is 1.03 bits per heavy atom. The molecule has 0 aromatic heterocycles. The van der Waals surface area contributed by atoms with Gasteiger partial charge in [0.25, 0.3) is 5.91 Å². The summed E-state index contributed by atoms with van der Waals surface area (Å²) in [5, 5.41) is 3.40. The molecule has 1 aromatic rings. The highest BCUT2D eigenvalue weighted by Crippen LogP contribution is 2.37. The summed E-state index contributed by atoms with van der Waals surface area (Å²) < 4.78 is 48.5. The van der Waals surface area contributed by atoms with E-state index in [1.54, 1.807) is 30.9 Å². The second-order valence-electron chi connectivity index (χ2n) is 9.53. The molecule has 1 aromatic carbocycles. The average molecular weight is 568 g/mol. The van der Waals surface area contributed by atoms with Gasteiger partial charge in [-0.1, -0.05) is 37.0 Å². The van der Waals surface area contributed by atoms with Crippen LogP contribution in [-0.4, -0.2) is 73.8 Å². The molecular weight excluding hydrogens is 538 g/mol. The summed E-state index contributed by atoms with van der Waals surface area (Å²) in [5.41, 5.74) is -1.23. The van der Waals surface area contributed by atoms with Crippen LogP contribution in [-0.2, 0) is 19.1 Å². The molecule has 2 fully saturated rings. The quantitative estimate of drug-likeness (QED) is 0.496. The number of carbonyl (C=O) groups excluding carboxylic acids is 3. The lowest BCUT2D eigenvalue weighted by Gasteiger charge is -2.39. The van der Waals surface area contributed by atoms with Gasteiger partial charge in [-0.05, 0) is 37.7 Å². The highest BCUT2D eigenvalue weighted by molar-refractivity contribution is 6.37. The Morgan fingerprint density at radius 2 is 1.62 bits per heavy atom. The zero-order chi connectivity index (χ0) is 27.5. The number of nitrogens with one attached hydrogen (secondary N) is 1. The summed E-state index contributed by atoms with van der Waals surface area (Å²) in [5.74, 6) is -3.55. The maximum absolute atomic E-state index is 13.4. The smallest absolute Gasteiger partial charge is 0.490 e. The van der Waals surface area contributed by atoms with Crippen molar-refractivity contribution in [1.29, 1.82) is 0 Å². The van der Waals surface area contributed by atoms with Crippen molar-refractivity contribution in [2.75, 3.05) is 38.2 Å². The van der Waals surface area contributed by atoms with Gasteiger partial charge in [0.2, 0.25) is 5.91 Å². The maximum Gasteiger partial charge on any atom is 0.490 e. The second kappa shape index (κ2) is 11.6. The van der Waals surface area contributed by atoms with Crippen molar-refractivity contribution in [2.24, 2.45) is 5.92 Å².